The Hall–Kier alpha value is -1.59. The summed E-state index contributed by atoms with van der Waals surface area (Å²) in [5, 5.41) is 5.11. The number of nitrogens with zero attached hydrogens (tertiary/aromatic N) is 3. The van der Waals surface area contributed by atoms with E-state index in [0.717, 1.165) is 0 Å². The first-order chi connectivity index (χ1) is 10.2. The van der Waals surface area contributed by atoms with Gasteiger partial charge >= 0.3 is 5.97 Å². The van der Waals surface area contributed by atoms with Gasteiger partial charge in [0.25, 0.3) is 0 Å². The smallest absolute Gasteiger partial charge is 0.303 e. The Morgan fingerprint density at radius 2 is 1.95 bits per heavy atom. The summed E-state index contributed by atoms with van der Waals surface area (Å²) >= 11 is 12.3. The zero-order valence-corrected chi connectivity index (χ0v) is 14.3. The van der Waals surface area contributed by atoms with E-state index in [2.05, 4.69) is 10.1 Å². The maximum absolute atomic E-state index is 11.7. The molecule has 0 aliphatic heterocycles. The molecular weight excluding hydrogens is 325 g/mol. The molecule has 0 aliphatic rings. The van der Waals surface area contributed by atoms with Crippen LogP contribution in [0.25, 0.3) is 0 Å². The van der Waals surface area contributed by atoms with Crippen LogP contribution in [0.2, 0.25) is 10.0 Å². The van der Waals surface area contributed by atoms with Crippen LogP contribution in [0.5, 0.6) is 0 Å². The second-order valence-corrected chi connectivity index (χ2v) is 6.49. The second kappa shape index (κ2) is 5.89. The van der Waals surface area contributed by atoms with Gasteiger partial charge in [-0.25, -0.2) is 9.67 Å². The maximum Gasteiger partial charge on any atom is 0.303 e. The number of hydrogen-bond donors (Lipinski definition) is 0. The molecule has 0 bridgehead atoms. The van der Waals surface area contributed by atoms with Crippen LogP contribution in [0, 0.1) is 0 Å². The zero-order valence-electron chi connectivity index (χ0n) is 12.8. The first-order valence-electron chi connectivity index (χ1n) is 6.68. The third-order valence-corrected chi connectivity index (χ3v) is 4.50. The van der Waals surface area contributed by atoms with Crippen LogP contribution in [0.15, 0.2) is 30.9 Å². The lowest BCUT2D eigenvalue weighted by Gasteiger charge is -2.43. The highest BCUT2D eigenvalue weighted by Crippen LogP contribution is 2.44. The molecule has 0 radical (unpaired) electrons. The summed E-state index contributed by atoms with van der Waals surface area (Å²) in [6.07, 6.45) is 3.00. The lowest BCUT2D eigenvalue weighted by Crippen LogP contribution is -2.50. The molecule has 0 amide bonds. The molecule has 1 heterocycles. The summed E-state index contributed by atoms with van der Waals surface area (Å²) in [5.41, 5.74) is -1.14. The molecule has 0 aliphatic carbocycles. The molecule has 7 heteroatoms. The van der Waals surface area contributed by atoms with E-state index in [1.54, 1.807) is 36.1 Å². The van der Waals surface area contributed by atoms with Crippen LogP contribution in [-0.2, 0) is 20.7 Å². The first-order valence-corrected chi connectivity index (χ1v) is 7.44. The summed E-state index contributed by atoms with van der Waals surface area (Å²) in [6.45, 7) is 6.95. The van der Waals surface area contributed by atoms with Gasteiger partial charge in [0.05, 0.1) is 0 Å². The fraction of sp³-hybridized carbons (Fsp3) is 0.400. The topological polar surface area (TPSA) is 57.0 Å². The van der Waals surface area contributed by atoms with Crippen molar-refractivity contribution in [3.05, 3.63) is 46.5 Å². The molecule has 0 fully saturated rings. The van der Waals surface area contributed by atoms with Crippen molar-refractivity contribution in [2.75, 3.05) is 0 Å². The van der Waals surface area contributed by atoms with Gasteiger partial charge in [-0.05, 0) is 32.9 Å². The minimum atomic E-state index is -1.06. The molecule has 1 aromatic carbocycles. The third kappa shape index (κ3) is 2.83. The highest BCUT2D eigenvalue weighted by atomic mass is 35.5. The Kier molecular flexibility index (Phi) is 4.49. The van der Waals surface area contributed by atoms with Crippen molar-refractivity contribution in [2.24, 2.45) is 0 Å². The summed E-state index contributed by atoms with van der Waals surface area (Å²) < 4.78 is 7.32. The zero-order chi connectivity index (χ0) is 16.5. The Morgan fingerprint density at radius 3 is 2.45 bits per heavy atom. The van der Waals surface area contributed by atoms with E-state index >= 15 is 0 Å². The number of ether oxygens (including phenoxy) is 1. The molecule has 5 nitrogen and oxygen atoms in total. The standard InChI is InChI=1S/C15H17Cl2N3O2/c1-10(21)22-15(4,12-6-5-11(16)7-13(12)17)14(2,3)20-9-18-8-19-20/h5-9H,1-4H3. The number of hydrogen-bond acceptors (Lipinski definition) is 4. The van der Waals surface area contributed by atoms with Gasteiger partial charge in [0.1, 0.15) is 18.2 Å². The Balaban J connectivity index is 2.64. The highest BCUT2D eigenvalue weighted by molar-refractivity contribution is 6.35. The number of esters is 1. The Bertz CT molecular complexity index is 686. The number of rotatable bonds is 4. The van der Waals surface area contributed by atoms with Crippen molar-refractivity contribution in [3.8, 4) is 0 Å². The van der Waals surface area contributed by atoms with Crippen molar-refractivity contribution in [1.29, 1.82) is 0 Å². The molecule has 2 aromatic rings. The Labute approximate surface area is 139 Å². The van der Waals surface area contributed by atoms with Crippen molar-refractivity contribution in [2.45, 2.75) is 38.8 Å². The molecule has 0 N–H and O–H groups in total. The molecule has 1 atom stereocenters. The van der Waals surface area contributed by atoms with E-state index in [4.69, 9.17) is 27.9 Å². The van der Waals surface area contributed by atoms with Crippen molar-refractivity contribution in [3.63, 3.8) is 0 Å². The van der Waals surface area contributed by atoms with E-state index in [1.807, 2.05) is 13.8 Å². The molecule has 1 unspecified atom stereocenters. The van der Waals surface area contributed by atoms with E-state index < -0.39 is 17.1 Å². The van der Waals surface area contributed by atoms with E-state index in [1.165, 1.54) is 13.3 Å². The third-order valence-electron chi connectivity index (χ3n) is 3.95. The van der Waals surface area contributed by atoms with E-state index in [-0.39, 0.29) is 0 Å². The number of carbonyl (C=O) groups is 1. The quantitative estimate of drug-likeness (QED) is 0.793. The van der Waals surface area contributed by atoms with E-state index in [9.17, 15) is 4.79 Å². The molecule has 22 heavy (non-hydrogen) atoms. The average Bonchev–Trinajstić information content (AvgIpc) is 2.91. The molecule has 1 aromatic heterocycles. The fourth-order valence-corrected chi connectivity index (χ4v) is 2.98. The van der Waals surface area contributed by atoms with Gasteiger partial charge < -0.3 is 4.74 Å². The predicted octanol–water partition coefficient (Wildman–Crippen LogP) is 3.80. The summed E-state index contributed by atoms with van der Waals surface area (Å²) in [5.74, 6) is -0.415. The van der Waals surface area contributed by atoms with Gasteiger partial charge in [-0.1, -0.05) is 29.3 Å². The average molecular weight is 342 g/mol. The van der Waals surface area contributed by atoms with Crippen LogP contribution in [-0.4, -0.2) is 20.7 Å². The number of halogens is 2. The van der Waals surface area contributed by atoms with Crippen molar-refractivity contribution in [1.82, 2.24) is 14.8 Å². The SMILES string of the molecule is CC(=O)OC(C)(c1ccc(Cl)cc1Cl)C(C)(C)n1cncn1. The minimum absolute atomic E-state index is 0.415. The van der Waals surface area contributed by atoms with Crippen molar-refractivity contribution < 1.29 is 9.53 Å². The first kappa shape index (κ1) is 16.8. The van der Waals surface area contributed by atoms with Crippen LogP contribution in [0.4, 0.5) is 0 Å². The minimum Gasteiger partial charge on any atom is -0.452 e. The second-order valence-electron chi connectivity index (χ2n) is 5.65. The highest BCUT2D eigenvalue weighted by Gasteiger charge is 2.49. The molecule has 118 valence electrons. The van der Waals surface area contributed by atoms with Gasteiger partial charge in [0.2, 0.25) is 0 Å². The summed E-state index contributed by atoms with van der Waals surface area (Å²) in [6, 6.07) is 5.09. The Morgan fingerprint density at radius 1 is 1.27 bits per heavy atom. The monoisotopic (exact) mass is 341 g/mol. The predicted molar refractivity (Wildman–Crippen MR) is 84.9 cm³/mol. The summed E-state index contributed by atoms with van der Waals surface area (Å²) in [7, 11) is 0. The van der Waals surface area contributed by atoms with Crippen LogP contribution < -0.4 is 0 Å². The molecule has 0 spiro atoms. The van der Waals surface area contributed by atoms with Gasteiger partial charge in [-0.2, -0.15) is 5.10 Å². The van der Waals surface area contributed by atoms with E-state index in [0.29, 0.717) is 15.6 Å². The number of carbonyl (C=O) groups excluding carboxylic acids is 1. The molecular formula is C15H17Cl2N3O2. The van der Waals surface area contributed by atoms with Gasteiger partial charge in [0, 0.05) is 22.5 Å². The number of aromatic nitrogens is 3. The molecule has 2 rings (SSSR count). The molecule has 0 saturated carbocycles. The van der Waals surface area contributed by atoms with Crippen molar-refractivity contribution >= 4 is 29.2 Å². The number of benzene rings is 1. The lowest BCUT2D eigenvalue weighted by molar-refractivity contribution is -0.170. The maximum atomic E-state index is 11.7. The van der Waals surface area contributed by atoms with Gasteiger partial charge in [-0.3, -0.25) is 4.79 Å². The normalized spacial score (nSPS) is 14.5. The van der Waals surface area contributed by atoms with Crippen LogP contribution in [0.3, 0.4) is 0 Å². The van der Waals surface area contributed by atoms with Gasteiger partial charge in [-0.15, -0.1) is 0 Å². The largest absolute Gasteiger partial charge is 0.452 e. The fourth-order valence-electron chi connectivity index (χ4n) is 2.39. The summed E-state index contributed by atoms with van der Waals surface area (Å²) in [4.78, 5) is 15.7. The van der Waals surface area contributed by atoms with Crippen LogP contribution >= 0.6 is 23.2 Å². The lowest BCUT2D eigenvalue weighted by atomic mass is 9.78. The van der Waals surface area contributed by atoms with Gasteiger partial charge in [0.15, 0.2) is 5.60 Å². The van der Waals surface area contributed by atoms with Crippen LogP contribution in [0.1, 0.15) is 33.3 Å². The molecule has 0 saturated heterocycles.